The third-order valence-electron chi connectivity index (χ3n) is 3.88. The zero-order chi connectivity index (χ0) is 20.0. The Morgan fingerprint density at radius 3 is 2.48 bits per heavy atom. The highest BCUT2D eigenvalue weighted by Crippen LogP contribution is 2.21. The van der Waals surface area contributed by atoms with Gasteiger partial charge in [0.1, 0.15) is 22.9 Å². The van der Waals surface area contributed by atoms with Crippen LogP contribution in [0.3, 0.4) is 0 Å². The Labute approximate surface area is 155 Å². The largest absolute Gasteiger partial charge is 0.496 e. The SMILES string of the molecule is COC(=O)c1cc(CNC(=O)N(C)Cc2ccc(F)cc2F)ccc1OC. The van der Waals surface area contributed by atoms with Crippen LogP contribution in [0.25, 0.3) is 0 Å². The predicted molar refractivity (Wildman–Crippen MR) is 94.4 cm³/mol. The molecule has 0 saturated heterocycles. The molecule has 0 aliphatic rings. The maximum Gasteiger partial charge on any atom is 0.341 e. The summed E-state index contributed by atoms with van der Waals surface area (Å²) >= 11 is 0. The standard InChI is InChI=1S/C19H20F2N2O4/c1-23(11-13-5-6-14(20)9-16(13)21)19(25)22-10-12-4-7-17(26-2)15(8-12)18(24)27-3/h4-9H,10-11H2,1-3H3,(H,22,25). The topological polar surface area (TPSA) is 67.9 Å². The van der Waals surface area contributed by atoms with Gasteiger partial charge >= 0.3 is 12.0 Å². The van der Waals surface area contributed by atoms with E-state index in [0.717, 1.165) is 12.1 Å². The van der Waals surface area contributed by atoms with E-state index in [9.17, 15) is 18.4 Å². The number of carbonyl (C=O) groups is 2. The molecular weight excluding hydrogens is 358 g/mol. The molecule has 2 aromatic carbocycles. The molecule has 2 aromatic rings. The van der Waals surface area contributed by atoms with Crippen LogP contribution >= 0.6 is 0 Å². The molecule has 0 unspecified atom stereocenters. The van der Waals surface area contributed by atoms with Crippen molar-refractivity contribution in [1.29, 1.82) is 0 Å². The second-order valence-corrected chi connectivity index (χ2v) is 5.78. The number of hydrogen-bond donors (Lipinski definition) is 1. The highest BCUT2D eigenvalue weighted by Gasteiger charge is 2.15. The zero-order valence-electron chi connectivity index (χ0n) is 15.2. The van der Waals surface area contributed by atoms with E-state index >= 15 is 0 Å². The molecule has 2 rings (SSSR count). The summed E-state index contributed by atoms with van der Waals surface area (Å²) in [5.41, 5.74) is 1.10. The van der Waals surface area contributed by atoms with E-state index in [1.54, 1.807) is 18.2 Å². The predicted octanol–water partition coefficient (Wildman–Crippen LogP) is 3.10. The van der Waals surface area contributed by atoms with E-state index in [1.807, 2.05) is 0 Å². The van der Waals surface area contributed by atoms with Crippen molar-refractivity contribution >= 4 is 12.0 Å². The minimum absolute atomic E-state index is 0.0199. The Kier molecular flexibility index (Phi) is 6.70. The molecule has 0 aliphatic carbocycles. The summed E-state index contributed by atoms with van der Waals surface area (Å²) in [6.07, 6.45) is 0. The lowest BCUT2D eigenvalue weighted by molar-refractivity contribution is 0.0597. The number of rotatable bonds is 6. The van der Waals surface area contributed by atoms with Gasteiger partial charge in [0.2, 0.25) is 0 Å². The minimum Gasteiger partial charge on any atom is -0.496 e. The molecule has 0 heterocycles. The number of urea groups is 1. The van der Waals surface area contributed by atoms with Gasteiger partial charge in [-0.2, -0.15) is 0 Å². The fourth-order valence-electron chi connectivity index (χ4n) is 2.42. The van der Waals surface area contributed by atoms with Crippen LogP contribution in [0.15, 0.2) is 36.4 Å². The number of halogens is 2. The van der Waals surface area contributed by atoms with Crippen molar-refractivity contribution in [3.8, 4) is 5.75 Å². The molecule has 27 heavy (non-hydrogen) atoms. The van der Waals surface area contributed by atoms with Crippen LogP contribution in [0.4, 0.5) is 13.6 Å². The van der Waals surface area contributed by atoms with Crippen molar-refractivity contribution < 1.29 is 27.8 Å². The molecule has 144 valence electrons. The van der Waals surface area contributed by atoms with Crippen LogP contribution in [-0.2, 0) is 17.8 Å². The van der Waals surface area contributed by atoms with Crippen LogP contribution in [0, 0.1) is 11.6 Å². The maximum absolute atomic E-state index is 13.7. The van der Waals surface area contributed by atoms with Gasteiger partial charge in [-0.3, -0.25) is 0 Å². The molecule has 0 spiro atoms. The van der Waals surface area contributed by atoms with E-state index < -0.39 is 23.6 Å². The van der Waals surface area contributed by atoms with Gasteiger partial charge in [-0.25, -0.2) is 18.4 Å². The van der Waals surface area contributed by atoms with Gasteiger partial charge in [-0.05, 0) is 23.8 Å². The summed E-state index contributed by atoms with van der Waals surface area (Å²) < 4.78 is 36.5. The average molecular weight is 378 g/mol. The Morgan fingerprint density at radius 2 is 1.85 bits per heavy atom. The van der Waals surface area contributed by atoms with Crippen molar-refractivity contribution in [1.82, 2.24) is 10.2 Å². The number of benzene rings is 2. The van der Waals surface area contributed by atoms with Crippen molar-refractivity contribution in [3.63, 3.8) is 0 Å². The summed E-state index contributed by atoms with van der Waals surface area (Å²) in [5.74, 6) is -1.58. The molecule has 0 fully saturated rings. The smallest absolute Gasteiger partial charge is 0.341 e. The fraction of sp³-hybridized carbons (Fsp3) is 0.263. The van der Waals surface area contributed by atoms with Crippen LogP contribution < -0.4 is 10.1 Å². The number of amides is 2. The third kappa shape index (κ3) is 5.16. The lowest BCUT2D eigenvalue weighted by atomic mass is 10.1. The molecule has 6 nitrogen and oxygen atoms in total. The van der Waals surface area contributed by atoms with E-state index in [4.69, 9.17) is 9.47 Å². The van der Waals surface area contributed by atoms with Crippen molar-refractivity contribution in [3.05, 3.63) is 64.7 Å². The lowest BCUT2D eigenvalue weighted by Gasteiger charge is -2.19. The molecule has 1 N–H and O–H groups in total. The molecular formula is C19H20F2N2O4. The highest BCUT2D eigenvalue weighted by molar-refractivity contribution is 5.92. The second kappa shape index (κ2) is 8.98. The van der Waals surface area contributed by atoms with Crippen LogP contribution in [0.5, 0.6) is 5.75 Å². The molecule has 0 atom stereocenters. The quantitative estimate of drug-likeness (QED) is 0.785. The monoisotopic (exact) mass is 378 g/mol. The molecule has 0 saturated carbocycles. The minimum atomic E-state index is -0.715. The number of ether oxygens (including phenoxy) is 2. The molecule has 0 bridgehead atoms. The van der Waals surface area contributed by atoms with Crippen molar-refractivity contribution in [2.45, 2.75) is 13.1 Å². The number of nitrogens with one attached hydrogen (secondary N) is 1. The second-order valence-electron chi connectivity index (χ2n) is 5.78. The first kappa shape index (κ1) is 20.2. The molecule has 8 heteroatoms. The van der Waals surface area contributed by atoms with E-state index in [-0.39, 0.29) is 24.2 Å². The normalized spacial score (nSPS) is 10.3. The van der Waals surface area contributed by atoms with E-state index in [0.29, 0.717) is 11.3 Å². The Balaban J connectivity index is 2.01. The number of hydrogen-bond acceptors (Lipinski definition) is 4. The van der Waals surface area contributed by atoms with Gasteiger partial charge in [0, 0.05) is 31.8 Å². The maximum atomic E-state index is 13.7. The summed E-state index contributed by atoms with van der Waals surface area (Å²) in [7, 11) is 4.19. The van der Waals surface area contributed by atoms with Gasteiger partial charge in [0.25, 0.3) is 0 Å². The first-order chi connectivity index (χ1) is 12.8. The third-order valence-corrected chi connectivity index (χ3v) is 3.88. The number of esters is 1. The van der Waals surface area contributed by atoms with Crippen LogP contribution in [0.2, 0.25) is 0 Å². The van der Waals surface area contributed by atoms with Crippen molar-refractivity contribution in [2.24, 2.45) is 0 Å². The highest BCUT2D eigenvalue weighted by atomic mass is 19.1. The Hall–Kier alpha value is -3.16. The lowest BCUT2D eigenvalue weighted by Crippen LogP contribution is -2.36. The van der Waals surface area contributed by atoms with Gasteiger partial charge < -0.3 is 19.7 Å². The molecule has 0 radical (unpaired) electrons. The molecule has 2 amide bonds. The Bertz CT molecular complexity index is 842. The van der Waals surface area contributed by atoms with E-state index in [2.05, 4.69) is 5.32 Å². The van der Waals surface area contributed by atoms with Gasteiger partial charge in [-0.15, -0.1) is 0 Å². The van der Waals surface area contributed by atoms with Crippen molar-refractivity contribution in [2.75, 3.05) is 21.3 Å². The summed E-state index contributed by atoms with van der Waals surface area (Å²) in [5, 5.41) is 2.67. The van der Waals surface area contributed by atoms with Gasteiger partial charge in [0.05, 0.1) is 14.2 Å². The Morgan fingerprint density at radius 1 is 1.11 bits per heavy atom. The summed E-state index contributed by atoms with van der Waals surface area (Å²) in [6.45, 7) is 0.122. The number of carbonyl (C=O) groups excluding carboxylic acids is 2. The fourth-order valence-corrected chi connectivity index (χ4v) is 2.42. The average Bonchev–Trinajstić information content (AvgIpc) is 2.67. The first-order valence-electron chi connectivity index (χ1n) is 8.03. The zero-order valence-corrected chi connectivity index (χ0v) is 15.2. The summed E-state index contributed by atoms with van der Waals surface area (Å²) in [6, 6.07) is 7.61. The van der Waals surface area contributed by atoms with Crippen LogP contribution in [0.1, 0.15) is 21.5 Å². The number of methoxy groups -OCH3 is 2. The van der Waals surface area contributed by atoms with Gasteiger partial charge in [-0.1, -0.05) is 12.1 Å². The first-order valence-corrected chi connectivity index (χ1v) is 8.03. The van der Waals surface area contributed by atoms with Crippen LogP contribution in [-0.4, -0.2) is 38.2 Å². The van der Waals surface area contributed by atoms with E-state index in [1.165, 1.54) is 32.2 Å². The summed E-state index contributed by atoms with van der Waals surface area (Å²) in [4.78, 5) is 25.3. The molecule has 0 aliphatic heterocycles. The molecule has 0 aromatic heterocycles. The number of nitrogens with zero attached hydrogens (tertiary/aromatic N) is 1. The van der Waals surface area contributed by atoms with Gasteiger partial charge in [0.15, 0.2) is 0 Å².